The second-order valence-corrected chi connectivity index (χ2v) is 4.61. The Kier molecular flexibility index (Phi) is 4.45. The highest BCUT2D eigenvalue weighted by Gasteiger charge is 1.95. The lowest BCUT2D eigenvalue weighted by molar-refractivity contribution is 0.961. The summed E-state index contributed by atoms with van der Waals surface area (Å²) in [7, 11) is 0. The Morgan fingerprint density at radius 2 is 2.12 bits per heavy atom. The Morgan fingerprint density at radius 1 is 1.18 bits per heavy atom. The first-order chi connectivity index (χ1) is 8.38. The second kappa shape index (κ2) is 6.30. The lowest BCUT2D eigenvalue weighted by Crippen LogP contribution is -2.05. The molecule has 1 aromatic carbocycles. The molecule has 2 rings (SSSR count). The topological polar surface area (TPSA) is 24.9 Å². The van der Waals surface area contributed by atoms with Crippen LogP contribution in [0, 0.1) is 0 Å². The number of nitrogens with one attached hydrogen (secondary N) is 1. The van der Waals surface area contributed by atoms with E-state index in [9.17, 15) is 0 Å². The van der Waals surface area contributed by atoms with Crippen molar-refractivity contribution in [2.75, 3.05) is 18.1 Å². The van der Waals surface area contributed by atoms with Gasteiger partial charge >= 0.3 is 0 Å². The van der Waals surface area contributed by atoms with E-state index in [0.29, 0.717) is 0 Å². The summed E-state index contributed by atoms with van der Waals surface area (Å²) in [6.45, 7) is 0.912. The average Bonchev–Trinajstić information content (AvgIpc) is 2.40. The highest BCUT2D eigenvalue weighted by Crippen LogP contribution is 2.18. The first kappa shape index (κ1) is 12.0. The van der Waals surface area contributed by atoms with E-state index in [0.717, 1.165) is 18.7 Å². The molecule has 0 radical (unpaired) electrons. The molecule has 2 nitrogen and oxygen atoms in total. The number of hydrogen-bond acceptors (Lipinski definition) is 3. The number of pyridine rings is 1. The molecule has 0 bridgehead atoms. The van der Waals surface area contributed by atoms with E-state index in [4.69, 9.17) is 0 Å². The molecule has 0 saturated carbocycles. The van der Waals surface area contributed by atoms with E-state index in [-0.39, 0.29) is 0 Å². The molecule has 1 aromatic heterocycles. The first-order valence-corrected chi connectivity index (χ1v) is 6.89. The molecule has 0 aliphatic rings. The summed E-state index contributed by atoms with van der Waals surface area (Å²) in [4.78, 5) is 5.58. The van der Waals surface area contributed by atoms with Crippen LogP contribution >= 0.6 is 11.8 Å². The van der Waals surface area contributed by atoms with Crippen molar-refractivity contribution in [3.63, 3.8) is 0 Å². The lowest BCUT2D eigenvalue weighted by Gasteiger charge is -2.07. The largest absolute Gasteiger partial charge is 0.385 e. The predicted octanol–water partition coefficient (Wildman–Crippen LogP) is 3.46. The number of anilines is 1. The fraction of sp³-hybridized carbons (Fsp3) is 0.214. The van der Waals surface area contributed by atoms with Crippen LogP contribution in [0.1, 0.15) is 5.69 Å². The molecule has 0 fully saturated rings. The summed E-state index contributed by atoms with van der Waals surface area (Å²) in [5, 5.41) is 3.41. The third kappa shape index (κ3) is 3.79. The van der Waals surface area contributed by atoms with Crippen molar-refractivity contribution >= 4 is 17.4 Å². The van der Waals surface area contributed by atoms with Gasteiger partial charge in [-0.05, 0) is 36.6 Å². The Morgan fingerprint density at radius 3 is 2.88 bits per heavy atom. The lowest BCUT2D eigenvalue weighted by atomic mass is 10.2. The zero-order chi connectivity index (χ0) is 11.9. The van der Waals surface area contributed by atoms with Gasteiger partial charge in [-0.2, -0.15) is 0 Å². The minimum atomic E-state index is 0.912. The van der Waals surface area contributed by atoms with Crippen molar-refractivity contribution in [2.45, 2.75) is 11.3 Å². The molecular weight excluding hydrogens is 228 g/mol. The number of aromatic nitrogens is 1. The molecule has 88 valence electrons. The van der Waals surface area contributed by atoms with Crippen LogP contribution in [0.25, 0.3) is 0 Å². The molecule has 0 saturated heterocycles. The maximum absolute atomic E-state index is 4.30. The molecule has 2 aromatic rings. The summed E-state index contributed by atoms with van der Waals surface area (Å²) in [6.07, 6.45) is 4.88. The number of thioether (sulfide) groups is 1. The summed E-state index contributed by atoms with van der Waals surface area (Å²) < 4.78 is 0. The highest BCUT2D eigenvalue weighted by molar-refractivity contribution is 7.98. The van der Waals surface area contributed by atoms with Crippen molar-refractivity contribution in [3.8, 4) is 0 Å². The third-order valence-electron chi connectivity index (χ3n) is 2.51. The van der Waals surface area contributed by atoms with Gasteiger partial charge in [-0.3, -0.25) is 4.98 Å². The summed E-state index contributed by atoms with van der Waals surface area (Å²) >= 11 is 1.76. The standard InChI is InChI=1S/C14H16N2S/c1-17-14-7-4-6-13(11-14)16-10-8-12-5-2-3-9-15-12/h2-7,9,11,16H,8,10H2,1H3. The van der Waals surface area contributed by atoms with Crippen LogP contribution < -0.4 is 5.32 Å². The summed E-state index contributed by atoms with van der Waals surface area (Å²) in [5.41, 5.74) is 2.30. The number of hydrogen-bond donors (Lipinski definition) is 1. The normalized spacial score (nSPS) is 10.2. The van der Waals surface area contributed by atoms with Crippen molar-refractivity contribution in [1.29, 1.82) is 0 Å². The smallest absolute Gasteiger partial charge is 0.0421 e. The van der Waals surface area contributed by atoms with Gasteiger partial charge in [0.2, 0.25) is 0 Å². The minimum Gasteiger partial charge on any atom is -0.385 e. The minimum absolute atomic E-state index is 0.912. The van der Waals surface area contributed by atoms with Gasteiger partial charge in [-0.15, -0.1) is 11.8 Å². The average molecular weight is 244 g/mol. The van der Waals surface area contributed by atoms with Crippen LogP contribution in [0.4, 0.5) is 5.69 Å². The van der Waals surface area contributed by atoms with E-state index in [1.165, 1.54) is 10.6 Å². The zero-order valence-electron chi connectivity index (χ0n) is 9.89. The molecule has 1 N–H and O–H groups in total. The quantitative estimate of drug-likeness (QED) is 0.815. The van der Waals surface area contributed by atoms with Crippen molar-refractivity contribution in [2.24, 2.45) is 0 Å². The van der Waals surface area contributed by atoms with Crippen LogP contribution in [0.2, 0.25) is 0 Å². The zero-order valence-corrected chi connectivity index (χ0v) is 10.7. The van der Waals surface area contributed by atoms with E-state index in [2.05, 4.69) is 46.9 Å². The Bertz CT molecular complexity index is 457. The molecule has 0 aliphatic heterocycles. The van der Waals surface area contributed by atoms with Gasteiger partial charge in [0, 0.05) is 35.4 Å². The number of nitrogens with zero attached hydrogens (tertiary/aromatic N) is 1. The van der Waals surface area contributed by atoms with Crippen LogP contribution in [-0.4, -0.2) is 17.8 Å². The maximum atomic E-state index is 4.30. The van der Waals surface area contributed by atoms with E-state index in [1.807, 2.05) is 18.3 Å². The Hall–Kier alpha value is -1.48. The molecule has 3 heteroatoms. The molecule has 0 aliphatic carbocycles. The van der Waals surface area contributed by atoms with Crippen LogP contribution in [0.15, 0.2) is 53.6 Å². The molecule has 0 atom stereocenters. The molecule has 0 spiro atoms. The van der Waals surface area contributed by atoms with Crippen LogP contribution in [0.5, 0.6) is 0 Å². The van der Waals surface area contributed by atoms with Gasteiger partial charge < -0.3 is 5.32 Å². The van der Waals surface area contributed by atoms with Gasteiger partial charge in [0.15, 0.2) is 0 Å². The SMILES string of the molecule is CSc1cccc(NCCc2ccccn2)c1. The molecular formula is C14H16N2S. The maximum Gasteiger partial charge on any atom is 0.0421 e. The van der Waals surface area contributed by atoms with E-state index in [1.54, 1.807) is 11.8 Å². The number of benzene rings is 1. The first-order valence-electron chi connectivity index (χ1n) is 5.66. The fourth-order valence-corrected chi connectivity index (χ4v) is 2.07. The van der Waals surface area contributed by atoms with Gasteiger partial charge in [0.05, 0.1) is 0 Å². The van der Waals surface area contributed by atoms with Gasteiger partial charge in [-0.25, -0.2) is 0 Å². The van der Waals surface area contributed by atoms with Crippen molar-refractivity contribution in [1.82, 2.24) is 4.98 Å². The Balaban J connectivity index is 1.86. The van der Waals surface area contributed by atoms with Gasteiger partial charge in [0.25, 0.3) is 0 Å². The monoisotopic (exact) mass is 244 g/mol. The highest BCUT2D eigenvalue weighted by atomic mass is 32.2. The Labute approximate surface area is 106 Å². The van der Waals surface area contributed by atoms with Gasteiger partial charge in [-0.1, -0.05) is 12.1 Å². The third-order valence-corrected chi connectivity index (χ3v) is 3.23. The fourth-order valence-electron chi connectivity index (χ4n) is 1.61. The van der Waals surface area contributed by atoms with E-state index >= 15 is 0 Å². The van der Waals surface area contributed by atoms with Crippen molar-refractivity contribution < 1.29 is 0 Å². The van der Waals surface area contributed by atoms with E-state index < -0.39 is 0 Å². The van der Waals surface area contributed by atoms with Crippen LogP contribution in [0.3, 0.4) is 0 Å². The van der Waals surface area contributed by atoms with Crippen molar-refractivity contribution in [3.05, 3.63) is 54.4 Å². The van der Waals surface area contributed by atoms with Crippen LogP contribution in [-0.2, 0) is 6.42 Å². The summed E-state index contributed by atoms with van der Waals surface area (Å²) in [6, 6.07) is 14.5. The molecule has 1 heterocycles. The molecule has 0 amide bonds. The summed E-state index contributed by atoms with van der Waals surface area (Å²) in [5.74, 6) is 0. The van der Waals surface area contributed by atoms with Gasteiger partial charge in [0.1, 0.15) is 0 Å². The molecule has 0 unspecified atom stereocenters. The number of rotatable bonds is 5. The predicted molar refractivity (Wildman–Crippen MR) is 74.7 cm³/mol. The molecule has 17 heavy (non-hydrogen) atoms. The second-order valence-electron chi connectivity index (χ2n) is 3.73.